The van der Waals surface area contributed by atoms with E-state index < -0.39 is 11.7 Å². The number of hydrogen-bond acceptors (Lipinski definition) is 3. The van der Waals surface area contributed by atoms with Crippen LogP contribution in [0.5, 0.6) is 0 Å². The Morgan fingerprint density at radius 3 is 2.00 bits per heavy atom. The first-order valence-electron chi connectivity index (χ1n) is 6.34. The van der Waals surface area contributed by atoms with Gasteiger partial charge in [-0.15, -0.1) is 0 Å². The average Bonchev–Trinajstić information content (AvgIpc) is 2.16. The highest BCUT2D eigenvalue weighted by Gasteiger charge is 2.16. The van der Waals surface area contributed by atoms with Gasteiger partial charge in [0.2, 0.25) is 0 Å². The lowest BCUT2D eigenvalue weighted by Gasteiger charge is -2.23. The minimum atomic E-state index is -0.725. The Kier molecular flexibility index (Phi) is 7.19. The van der Waals surface area contributed by atoms with E-state index in [9.17, 15) is 4.79 Å². The second-order valence-electron chi connectivity index (χ2n) is 5.84. The molecule has 1 aliphatic rings. The molecule has 0 aromatic rings. The first-order chi connectivity index (χ1) is 7.74. The summed E-state index contributed by atoms with van der Waals surface area (Å²) in [7, 11) is 0. The summed E-state index contributed by atoms with van der Waals surface area (Å²) in [5.74, 6) is 1.54. The molecule has 3 N–H and O–H groups in total. The van der Waals surface area contributed by atoms with Gasteiger partial charge in [0, 0.05) is 6.61 Å². The van der Waals surface area contributed by atoms with Gasteiger partial charge >= 0.3 is 6.09 Å². The first kappa shape index (κ1) is 16.2. The quantitative estimate of drug-likeness (QED) is 0.746. The predicted octanol–water partition coefficient (Wildman–Crippen LogP) is 2.69. The summed E-state index contributed by atoms with van der Waals surface area (Å²) in [5, 5.41) is 8.78. The van der Waals surface area contributed by atoms with Crippen LogP contribution in [0.25, 0.3) is 0 Å². The van der Waals surface area contributed by atoms with Crippen molar-refractivity contribution in [2.45, 2.75) is 59.0 Å². The third-order valence-electron chi connectivity index (χ3n) is 2.80. The van der Waals surface area contributed by atoms with Crippen molar-refractivity contribution in [3.8, 4) is 0 Å². The van der Waals surface area contributed by atoms with Crippen molar-refractivity contribution in [2.75, 3.05) is 6.61 Å². The molecule has 0 unspecified atom stereocenters. The van der Waals surface area contributed by atoms with Crippen molar-refractivity contribution < 1.29 is 14.6 Å². The molecule has 1 aliphatic carbocycles. The molecule has 1 fully saturated rings. The summed E-state index contributed by atoms with van der Waals surface area (Å²) in [6, 6.07) is 0. The highest BCUT2D eigenvalue weighted by Crippen LogP contribution is 2.27. The molecule has 0 aliphatic heterocycles. The summed E-state index contributed by atoms with van der Waals surface area (Å²) in [5.41, 5.74) is 4.26. The van der Waals surface area contributed by atoms with Gasteiger partial charge < -0.3 is 15.6 Å². The molecule has 4 nitrogen and oxygen atoms in total. The zero-order chi connectivity index (χ0) is 13.5. The summed E-state index contributed by atoms with van der Waals surface area (Å²) in [4.78, 5) is 10.0. The SMILES string of the molecule is CC(C)(C)OC(N)=O.CC1CCC(CO)CC1. The number of primary amides is 1. The summed E-state index contributed by atoms with van der Waals surface area (Å²) in [6.07, 6.45) is 4.42. The van der Waals surface area contributed by atoms with Crippen molar-refractivity contribution in [3.63, 3.8) is 0 Å². The third kappa shape index (κ3) is 10.1. The fourth-order valence-corrected chi connectivity index (χ4v) is 1.81. The van der Waals surface area contributed by atoms with E-state index in [2.05, 4.69) is 11.7 Å². The number of aliphatic hydroxyl groups is 1. The fourth-order valence-electron chi connectivity index (χ4n) is 1.81. The summed E-state index contributed by atoms with van der Waals surface area (Å²) >= 11 is 0. The highest BCUT2D eigenvalue weighted by molar-refractivity contribution is 5.65. The van der Waals surface area contributed by atoms with Crippen molar-refractivity contribution in [1.82, 2.24) is 0 Å². The molecule has 0 radical (unpaired) electrons. The monoisotopic (exact) mass is 245 g/mol. The fraction of sp³-hybridized carbons (Fsp3) is 0.923. The number of rotatable bonds is 1. The normalized spacial score (nSPS) is 24.5. The summed E-state index contributed by atoms with van der Waals surface area (Å²) < 4.78 is 4.58. The average molecular weight is 245 g/mol. The van der Waals surface area contributed by atoms with Crippen LogP contribution in [0.15, 0.2) is 0 Å². The van der Waals surface area contributed by atoms with E-state index in [-0.39, 0.29) is 0 Å². The van der Waals surface area contributed by atoms with Crippen molar-refractivity contribution in [3.05, 3.63) is 0 Å². The molecule has 0 aromatic heterocycles. The molecule has 4 heteroatoms. The Hall–Kier alpha value is -0.770. The minimum Gasteiger partial charge on any atom is -0.444 e. The van der Waals surface area contributed by atoms with E-state index in [1.807, 2.05) is 0 Å². The largest absolute Gasteiger partial charge is 0.444 e. The molecule has 0 aromatic carbocycles. The van der Waals surface area contributed by atoms with Gasteiger partial charge in [-0.2, -0.15) is 0 Å². The molecule has 0 saturated heterocycles. The molecular formula is C13H27NO3. The van der Waals surface area contributed by atoms with Crippen LogP contribution in [0.4, 0.5) is 4.79 Å². The van der Waals surface area contributed by atoms with E-state index in [0.29, 0.717) is 12.5 Å². The molecule has 0 spiro atoms. The Morgan fingerprint density at radius 1 is 1.29 bits per heavy atom. The Bertz CT molecular complexity index is 215. The van der Waals surface area contributed by atoms with E-state index >= 15 is 0 Å². The van der Waals surface area contributed by atoms with Gasteiger partial charge in [0.15, 0.2) is 0 Å². The molecule has 1 amide bonds. The van der Waals surface area contributed by atoms with E-state index in [4.69, 9.17) is 10.8 Å². The molecule has 102 valence electrons. The number of aliphatic hydroxyl groups excluding tert-OH is 1. The molecule has 0 heterocycles. The van der Waals surface area contributed by atoms with Crippen LogP contribution in [-0.4, -0.2) is 23.4 Å². The number of ether oxygens (including phenoxy) is 1. The molecule has 0 atom stereocenters. The topological polar surface area (TPSA) is 72.5 Å². The van der Waals surface area contributed by atoms with Gasteiger partial charge in [-0.3, -0.25) is 0 Å². The lowest BCUT2D eigenvalue weighted by atomic mass is 9.84. The molecule has 0 bridgehead atoms. The van der Waals surface area contributed by atoms with Crippen LogP contribution in [0.3, 0.4) is 0 Å². The zero-order valence-electron chi connectivity index (χ0n) is 11.5. The smallest absolute Gasteiger partial charge is 0.405 e. The lowest BCUT2D eigenvalue weighted by Crippen LogP contribution is -2.27. The molecule has 1 rings (SSSR count). The van der Waals surface area contributed by atoms with Crippen LogP contribution >= 0.6 is 0 Å². The molecular weight excluding hydrogens is 218 g/mol. The van der Waals surface area contributed by atoms with Crippen LogP contribution in [0.2, 0.25) is 0 Å². The highest BCUT2D eigenvalue weighted by atomic mass is 16.6. The van der Waals surface area contributed by atoms with Gasteiger partial charge in [-0.1, -0.05) is 19.8 Å². The van der Waals surface area contributed by atoms with Crippen molar-refractivity contribution in [1.29, 1.82) is 0 Å². The number of amides is 1. The van der Waals surface area contributed by atoms with Gasteiger partial charge in [-0.25, -0.2) is 4.79 Å². The van der Waals surface area contributed by atoms with Crippen LogP contribution in [-0.2, 0) is 4.74 Å². The van der Waals surface area contributed by atoms with Gasteiger partial charge in [0.25, 0.3) is 0 Å². The number of carbonyl (C=O) groups excluding carboxylic acids is 1. The summed E-state index contributed by atoms with van der Waals surface area (Å²) in [6.45, 7) is 7.99. The third-order valence-corrected chi connectivity index (χ3v) is 2.80. The maximum atomic E-state index is 10.0. The van der Waals surface area contributed by atoms with Crippen LogP contribution in [0, 0.1) is 11.8 Å². The number of nitrogens with two attached hydrogens (primary N) is 1. The molecule has 1 saturated carbocycles. The van der Waals surface area contributed by atoms with Crippen LogP contribution < -0.4 is 5.73 Å². The van der Waals surface area contributed by atoms with Crippen molar-refractivity contribution in [2.24, 2.45) is 17.6 Å². The Balaban J connectivity index is 0.000000304. The van der Waals surface area contributed by atoms with Gasteiger partial charge in [0.05, 0.1) is 0 Å². The van der Waals surface area contributed by atoms with Crippen LogP contribution in [0.1, 0.15) is 53.4 Å². The van der Waals surface area contributed by atoms with Crippen molar-refractivity contribution >= 4 is 6.09 Å². The van der Waals surface area contributed by atoms with Gasteiger partial charge in [-0.05, 0) is 45.4 Å². The number of hydrogen-bond donors (Lipinski definition) is 2. The van der Waals surface area contributed by atoms with Gasteiger partial charge in [0.1, 0.15) is 5.60 Å². The second kappa shape index (κ2) is 7.54. The lowest BCUT2D eigenvalue weighted by molar-refractivity contribution is 0.0600. The maximum Gasteiger partial charge on any atom is 0.405 e. The maximum absolute atomic E-state index is 10.0. The first-order valence-corrected chi connectivity index (χ1v) is 6.34. The molecule has 17 heavy (non-hydrogen) atoms. The zero-order valence-corrected chi connectivity index (χ0v) is 11.5. The predicted molar refractivity (Wildman–Crippen MR) is 68.6 cm³/mol. The Labute approximate surface area is 105 Å². The Morgan fingerprint density at radius 2 is 1.76 bits per heavy atom. The van der Waals surface area contributed by atoms with E-state index in [1.165, 1.54) is 25.7 Å². The number of carbonyl (C=O) groups is 1. The second-order valence-corrected chi connectivity index (χ2v) is 5.84. The minimum absolute atomic E-state index is 0.409. The van der Waals surface area contributed by atoms with E-state index in [0.717, 1.165) is 5.92 Å². The standard InChI is InChI=1S/C8H16O.C5H11NO2/c1-7-2-4-8(6-9)5-3-7;1-5(2,3)8-4(6)7/h7-9H,2-6H2,1H3;1-3H3,(H2,6,7). The van der Waals surface area contributed by atoms with E-state index in [1.54, 1.807) is 20.8 Å².